The summed E-state index contributed by atoms with van der Waals surface area (Å²) in [6.07, 6.45) is 3.38. The second kappa shape index (κ2) is 11.8. The average molecular weight is 617 g/mol. The van der Waals surface area contributed by atoms with Crippen molar-refractivity contribution in [3.8, 4) is 11.3 Å². The maximum absolute atomic E-state index is 14.3. The van der Waals surface area contributed by atoms with Crippen LogP contribution in [0.3, 0.4) is 0 Å². The van der Waals surface area contributed by atoms with Crippen molar-refractivity contribution in [3.63, 3.8) is 0 Å². The minimum Gasteiger partial charge on any atom is -0.390 e. The number of halogens is 4. The predicted molar refractivity (Wildman–Crippen MR) is 156 cm³/mol. The van der Waals surface area contributed by atoms with Gasteiger partial charge in [-0.1, -0.05) is 36.7 Å². The van der Waals surface area contributed by atoms with Gasteiger partial charge in [-0.2, -0.15) is 0 Å². The first-order valence-electron chi connectivity index (χ1n) is 14.5. The van der Waals surface area contributed by atoms with Crippen LogP contribution in [0.1, 0.15) is 81.8 Å². The quantitative estimate of drug-likeness (QED) is 0.241. The van der Waals surface area contributed by atoms with E-state index in [1.807, 2.05) is 20.8 Å². The first-order chi connectivity index (χ1) is 20.2. The van der Waals surface area contributed by atoms with Crippen LogP contribution in [0.4, 0.5) is 13.2 Å². The van der Waals surface area contributed by atoms with Crippen molar-refractivity contribution in [2.24, 2.45) is 5.41 Å². The smallest absolute Gasteiger partial charge is 0.185 e. The summed E-state index contributed by atoms with van der Waals surface area (Å²) >= 11 is 6.32. The molecule has 0 radical (unpaired) electrons. The number of likely N-dealkylation sites (tertiary alicyclic amines) is 1. The molecule has 0 spiro atoms. The normalized spacial score (nSPS) is 22.3. The lowest BCUT2D eigenvalue weighted by molar-refractivity contribution is -0.128. The first kappa shape index (κ1) is 31.4. The van der Waals surface area contributed by atoms with Gasteiger partial charge in [0, 0.05) is 61.0 Å². The molecule has 43 heavy (non-hydrogen) atoms. The predicted octanol–water partition coefficient (Wildman–Crippen LogP) is 7.31. The van der Waals surface area contributed by atoms with Crippen LogP contribution in [-0.4, -0.2) is 51.5 Å². The molecule has 0 atom stereocenters. The molecule has 2 aromatic carbocycles. The monoisotopic (exact) mass is 616 g/mol. The fourth-order valence-electron chi connectivity index (χ4n) is 6.71. The van der Waals surface area contributed by atoms with E-state index in [9.17, 15) is 27.9 Å². The Morgan fingerprint density at radius 1 is 1.05 bits per heavy atom. The Hall–Kier alpha value is -3.01. The molecule has 3 aromatic rings. The SMILES string of the molecule is CC1(O)CCC(N2CC(CC(=O)CC(C)(C)c3ccc(F)cc3Cl)(CC(=O)c3cc(-c4ccc(F)cc4F)on3)C2)CC1. The van der Waals surface area contributed by atoms with Crippen LogP contribution in [0.15, 0.2) is 47.0 Å². The average Bonchev–Trinajstić information content (AvgIpc) is 3.36. The van der Waals surface area contributed by atoms with Gasteiger partial charge in [-0.05, 0) is 67.9 Å². The first-order valence-corrected chi connectivity index (χ1v) is 14.9. The molecule has 5 rings (SSSR count). The molecule has 1 aliphatic heterocycles. The lowest BCUT2D eigenvalue weighted by atomic mass is 9.68. The third kappa shape index (κ3) is 7.05. The van der Waals surface area contributed by atoms with Gasteiger partial charge in [-0.15, -0.1) is 0 Å². The molecular weight excluding hydrogens is 581 g/mol. The van der Waals surface area contributed by atoms with Crippen molar-refractivity contribution in [1.82, 2.24) is 10.1 Å². The minimum absolute atomic E-state index is 0.00777. The van der Waals surface area contributed by atoms with Gasteiger partial charge in [0.05, 0.1) is 11.2 Å². The summed E-state index contributed by atoms with van der Waals surface area (Å²) in [5.74, 6) is -2.39. The molecule has 1 saturated carbocycles. The van der Waals surface area contributed by atoms with Crippen LogP contribution in [0.5, 0.6) is 0 Å². The van der Waals surface area contributed by atoms with Gasteiger partial charge in [0.15, 0.2) is 11.5 Å². The summed E-state index contributed by atoms with van der Waals surface area (Å²) in [5, 5.41) is 14.5. The summed E-state index contributed by atoms with van der Waals surface area (Å²) in [5.41, 5.74) is -1.31. The lowest BCUT2D eigenvalue weighted by Gasteiger charge is -2.55. The van der Waals surface area contributed by atoms with Crippen LogP contribution in [0.2, 0.25) is 5.02 Å². The number of hydrogen-bond donors (Lipinski definition) is 1. The van der Waals surface area contributed by atoms with Crippen LogP contribution in [0, 0.1) is 22.9 Å². The summed E-state index contributed by atoms with van der Waals surface area (Å²) in [6.45, 7) is 6.68. The van der Waals surface area contributed by atoms with Gasteiger partial charge in [0.25, 0.3) is 0 Å². The topological polar surface area (TPSA) is 83.6 Å². The Balaban J connectivity index is 1.32. The van der Waals surface area contributed by atoms with E-state index in [1.165, 1.54) is 24.3 Å². The number of rotatable bonds is 10. The molecule has 230 valence electrons. The standard InChI is InChI=1S/C33H36ClF3N2O4/c1-31(2,25-7-5-20(35)12-26(25)34)15-23(40)16-33(18-39(19-33)22-8-10-32(3,42)11-9-22)17-29(41)28-14-30(43-38-28)24-6-4-21(36)13-27(24)37/h4-7,12-14,22,42H,8-11,15-19H2,1-3H3. The molecule has 10 heteroatoms. The van der Waals surface area contributed by atoms with Crippen molar-refractivity contribution in [1.29, 1.82) is 0 Å². The van der Waals surface area contributed by atoms with E-state index in [0.717, 1.165) is 25.0 Å². The van der Waals surface area contributed by atoms with E-state index in [0.29, 0.717) is 31.5 Å². The molecule has 6 nitrogen and oxygen atoms in total. The Kier molecular flexibility index (Phi) is 8.64. The maximum atomic E-state index is 14.3. The van der Waals surface area contributed by atoms with Crippen molar-refractivity contribution in [3.05, 3.63) is 76.2 Å². The summed E-state index contributed by atoms with van der Waals surface area (Å²) in [7, 11) is 0. The number of aliphatic hydroxyl groups is 1. The Morgan fingerprint density at radius 3 is 2.35 bits per heavy atom. The number of ketones is 2. The molecule has 1 aromatic heterocycles. The number of carbonyl (C=O) groups excluding carboxylic acids is 2. The molecule has 1 N–H and O–H groups in total. The second-order valence-corrected chi connectivity index (χ2v) is 13.7. The molecule has 1 aliphatic carbocycles. The van der Waals surface area contributed by atoms with Gasteiger partial charge in [0.1, 0.15) is 28.9 Å². The highest BCUT2D eigenvalue weighted by molar-refractivity contribution is 6.31. The van der Waals surface area contributed by atoms with Crippen molar-refractivity contribution >= 4 is 23.2 Å². The Labute approximate surface area is 254 Å². The van der Waals surface area contributed by atoms with Gasteiger partial charge in [-0.25, -0.2) is 13.2 Å². The number of Topliss-reactive ketones (excluding diaryl/α,β-unsaturated/α-hetero) is 2. The largest absolute Gasteiger partial charge is 0.390 e. The van der Waals surface area contributed by atoms with E-state index < -0.39 is 33.9 Å². The zero-order valence-electron chi connectivity index (χ0n) is 24.6. The van der Waals surface area contributed by atoms with Crippen LogP contribution in [0.25, 0.3) is 11.3 Å². The molecule has 2 fully saturated rings. The fraction of sp³-hybridized carbons (Fsp3) is 0.485. The number of benzene rings is 2. The molecule has 0 bridgehead atoms. The highest BCUT2D eigenvalue weighted by atomic mass is 35.5. The third-order valence-electron chi connectivity index (χ3n) is 9.03. The second-order valence-electron chi connectivity index (χ2n) is 13.3. The van der Waals surface area contributed by atoms with Crippen molar-refractivity contribution < 1.29 is 32.4 Å². The van der Waals surface area contributed by atoms with Crippen molar-refractivity contribution in [2.75, 3.05) is 13.1 Å². The summed E-state index contributed by atoms with van der Waals surface area (Å²) < 4.78 is 46.6. The highest BCUT2D eigenvalue weighted by Gasteiger charge is 2.49. The molecule has 2 heterocycles. The highest BCUT2D eigenvalue weighted by Crippen LogP contribution is 2.45. The zero-order valence-corrected chi connectivity index (χ0v) is 25.3. The van der Waals surface area contributed by atoms with E-state index in [4.69, 9.17) is 16.1 Å². The number of nitrogens with zero attached hydrogens (tertiary/aromatic N) is 2. The number of aromatic nitrogens is 1. The summed E-state index contributed by atoms with van der Waals surface area (Å²) in [6, 6.07) is 8.80. The maximum Gasteiger partial charge on any atom is 0.185 e. The third-order valence-corrected chi connectivity index (χ3v) is 9.34. The van der Waals surface area contributed by atoms with Crippen LogP contribution < -0.4 is 0 Å². The van der Waals surface area contributed by atoms with Gasteiger partial charge in [0.2, 0.25) is 0 Å². The Bertz CT molecular complexity index is 1520. The van der Waals surface area contributed by atoms with E-state index in [1.54, 1.807) is 6.07 Å². The van der Waals surface area contributed by atoms with Gasteiger partial charge >= 0.3 is 0 Å². The van der Waals surface area contributed by atoms with E-state index >= 15 is 0 Å². The molecule has 0 unspecified atom stereocenters. The van der Waals surface area contributed by atoms with Gasteiger partial charge in [-0.3, -0.25) is 14.5 Å². The summed E-state index contributed by atoms with van der Waals surface area (Å²) in [4.78, 5) is 29.3. The van der Waals surface area contributed by atoms with Crippen molar-refractivity contribution in [2.45, 2.75) is 82.8 Å². The molecule has 1 saturated heterocycles. The lowest BCUT2D eigenvalue weighted by Crippen LogP contribution is -2.62. The molecule has 2 aliphatic rings. The molecule has 0 amide bonds. The number of hydrogen-bond acceptors (Lipinski definition) is 6. The van der Waals surface area contributed by atoms with E-state index in [-0.39, 0.29) is 58.9 Å². The zero-order chi connectivity index (χ0) is 31.2. The number of carbonyl (C=O) groups is 2. The fourth-order valence-corrected chi connectivity index (χ4v) is 7.13. The van der Waals surface area contributed by atoms with Crippen LogP contribution >= 0.6 is 11.6 Å². The van der Waals surface area contributed by atoms with E-state index in [2.05, 4.69) is 10.1 Å². The Morgan fingerprint density at radius 2 is 1.70 bits per heavy atom. The minimum atomic E-state index is -0.831. The van der Waals surface area contributed by atoms with Gasteiger partial charge < -0.3 is 9.63 Å². The van der Waals surface area contributed by atoms with Crippen LogP contribution in [-0.2, 0) is 10.2 Å². The molecular formula is C33H36ClF3N2O4.